The van der Waals surface area contributed by atoms with Gasteiger partial charge in [-0.3, -0.25) is 0 Å². The number of fused-ring (bicyclic) bond motifs is 1. The molecule has 1 aliphatic rings. The molecule has 0 saturated carbocycles. The average molecular weight is 211 g/mol. The van der Waals surface area contributed by atoms with Gasteiger partial charge in [0.15, 0.2) is 0 Å². The molecule has 1 heterocycles. The molecule has 2 rings (SSSR count). The molecule has 76 valence electrons. The standard InChI is InChI=1S/C11H15ClN2/c1-7-4-9(12)11-10(5-7)14(3)8(2)6-13-11/h4-5,8,13H,6H2,1-3H3. The summed E-state index contributed by atoms with van der Waals surface area (Å²) in [6.07, 6.45) is 0. The molecule has 0 amide bonds. The number of likely N-dealkylation sites (N-methyl/N-ethyl adjacent to an activating group) is 1. The zero-order valence-corrected chi connectivity index (χ0v) is 9.52. The Bertz CT molecular complexity index is 363. The van der Waals surface area contributed by atoms with Gasteiger partial charge >= 0.3 is 0 Å². The maximum absolute atomic E-state index is 6.17. The van der Waals surface area contributed by atoms with E-state index in [1.54, 1.807) is 0 Å². The second-order valence-corrected chi connectivity index (χ2v) is 4.39. The first kappa shape index (κ1) is 9.66. The predicted molar refractivity (Wildman–Crippen MR) is 62.5 cm³/mol. The van der Waals surface area contributed by atoms with E-state index in [1.807, 2.05) is 6.07 Å². The summed E-state index contributed by atoms with van der Waals surface area (Å²) in [5.41, 5.74) is 3.48. The van der Waals surface area contributed by atoms with Crippen LogP contribution in [0.3, 0.4) is 0 Å². The van der Waals surface area contributed by atoms with Crippen LogP contribution in [0, 0.1) is 6.92 Å². The Morgan fingerprint density at radius 3 is 2.93 bits per heavy atom. The lowest BCUT2D eigenvalue weighted by Crippen LogP contribution is -2.39. The van der Waals surface area contributed by atoms with Crippen molar-refractivity contribution >= 4 is 23.0 Å². The van der Waals surface area contributed by atoms with E-state index >= 15 is 0 Å². The zero-order chi connectivity index (χ0) is 10.3. The van der Waals surface area contributed by atoms with Gasteiger partial charge in [-0.25, -0.2) is 0 Å². The lowest BCUT2D eigenvalue weighted by molar-refractivity contribution is 0.699. The number of aryl methyl sites for hydroxylation is 1. The van der Waals surface area contributed by atoms with Gasteiger partial charge < -0.3 is 10.2 Å². The van der Waals surface area contributed by atoms with Crippen LogP contribution in [0.5, 0.6) is 0 Å². The van der Waals surface area contributed by atoms with Crippen LogP contribution in [0.4, 0.5) is 11.4 Å². The molecule has 0 bridgehead atoms. The third-order valence-electron chi connectivity index (χ3n) is 2.83. The molecule has 1 aromatic carbocycles. The van der Waals surface area contributed by atoms with Gasteiger partial charge in [-0.05, 0) is 31.5 Å². The number of anilines is 2. The Morgan fingerprint density at radius 2 is 2.21 bits per heavy atom. The average Bonchev–Trinajstić information content (AvgIpc) is 2.12. The van der Waals surface area contributed by atoms with E-state index in [9.17, 15) is 0 Å². The highest BCUT2D eigenvalue weighted by Crippen LogP contribution is 2.37. The van der Waals surface area contributed by atoms with Crippen LogP contribution in [0.15, 0.2) is 12.1 Å². The van der Waals surface area contributed by atoms with Crippen LogP contribution < -0.4 is 10.2 Å². The van der Waals surface area contributed by atoms with E-state index in [0.717, 1.165) is 17.3 Å². The molecule has 1 unspecified atom stereocenters. The minimum atomic E-state index is 0.514. The van der Waals surface area contributed by atoms with E-state index in [2.05, 4.69) is 37.2 Å². The van der Waals surface area contributed by atoms with Crippen LogP contribution in [-0.2, 0) is 0 Å². The van der Waals surface area contributed by atoms with E-state index in [4.69, 9.17) is 11.6 Å². The molecule has 0 radical (unpaired) electrons. The number of hydrogen-bond acceptors (Lipinski definition) is 2. The Morgan fingerprint density at radius 1 is 1.50 bits per heavy atom. The molecule has 3 heteroatoms. The smallest absolute Gasteiger partial charge is 0.0768 e. The number of hydrogen-bond donors (Lipinski definition) is 1. The normalized spacial score (nSPS) is 20.3. The molecule has 1 aliphatic heterocycles. The van der Waals surface area contributed by atoms with Crippen molar-refractivity contribution in [3.63, 3.8) is 0 Å². The summed E-state index contributed by atoms with van der Waals surface area (Å²) in [7, 11) is 2.11. The van der Waals surface area contributed by atoms with E-state index < -0.39 is 0 Å². The summed E-state index contributed by atoms with van der Waals surface area (Å²) in [5.74, 6) is 0. The summed E-state index contributed by atoms with van der Waals surface area (Å²) in [6.45, 7) is 5.22. The number of rotatable bonds is 0. The molecule has 0 saturated heterocycles. The van der Waals surface area contributed by atoms with Crippen molar-refractivity contribution in [2.75, 3.05) is 23.8 Å². The molecule has 0 spiro atoms. The second kappa shape index (κ2) is 3.35. The Balaban J connectivity index is 2.54. The first-order chi connectivity index (χ1) is 6.59. The van der Waals surface area contributed by atoms with Crippen molar-refractivity contribution in [1.82, 2.24) is 0 Å². The fourth-order valence-corrected chi connectivity index (χ4v) is 2.14. The lowest BCUT2D eigenvalue weighted by atomic mass is 10.1. The van der Waals surface area contributed by atoms with Gasteiger partial charge in [0.05, 0.1) is 16.4 Å². The largest absolute Gasteiger partial charge is 0.380 e. The molecule has 1 N–H and O–H groups in total. The van der Waals surface area contributed by atoms with E-state index in [1.165, 1.54) is 11.3 Å². The van der Waals surface area contributed by atoms with Crippen LogP contribution in [0.1, 0.15) is 12.5 Å². The topological polar surface area (TPSA) is 15.3 Å². The quantitative estimate of drug-likeness (QED) is 0.709. The fraction of sp³-hybridized carbons (Fsp3) is 0.455. The molecular formula is C11H15ClN2. The molecule has 0 fully saturated rings. The Labute approximate surface area is 89.9 Å². The summed E-state index contributed by atoms with van der Waals surface area (Å²) in [6, 6.07) is 4.68. The maximum Gasteiger partial charge on any atom is 0.0768 e. The van der Waals surface area contributed by atoms with Crippen molar-refractivity contribution in [3.05, 3.63) is 22.7 Å². The van der Waals surface area contributed by atoms with Gasteiger partial charge in [0, 0.05) is 19.6 Å². The molecular weight excluding hydrogens is 196 g/mol. The van der Waals surface area contributed by atoms with Gasteiger partial charge in [-0.1, -0.05) is 11.6 Å². The molecule has 14 heavy (non-hydrogen) atoms. The highest BCUT2D eigenvalue weighted by molar-refractivity contribution is 6.34. The summed E-state index contributed by atoms with van der Waals surface area (Å²) in [4.78, 5) is 2.27. The number of benzene rings is 1. The fourth-order valence-electron chi connectivity index (χ4n) is 1.80. The van der Waals surface area contributed by atoms with Gasteiger partial charge in [-0.15, -0.1) is 0 Å². The van der Waals surface area contributed by atoms with Crippen molar-refractivity contribution in [3.8, 4) is 0 Å². The zero-order valence-electron chi connectivity index (χ0n) is 8.76. The van der Waals surface area contributed by atoms with Gasteiger partial charge in [0.25, 0.3) is 0 Å². The third kappa shape index (κ3) is 1.44. The number of nitrogens with one attached hydrogen (secondary N) is 1. The Hall–Kier alpha value is -0.890. The minimum absolute atomic E-state index is 0.514. The summed E-state index contributed by atoms with van der Waals surface area (Å²) in [5, 5.41) is 4.18. The second-order valence-electron chi connectivity index (χ2n) is 3.98. The number of nitrogens with zero attached hydrogens (tertiary/aromatic N) is 1. The first-order valence-corrected chi connectivity index (χ1v) is 5.24. The van der Waals surface area contributed by atoms with E-state index in [0.29, 0.717) is 6.04 Å². The van der Waals surface area contributed by atoms with Crippen LogP contribution in [-0.4, -0.2) is 19.6 Å². The molecule has 1 atom stereocenters. The highest BCUT2D eigenvalue weighted by Gasteiger charge is 2.21. The summed E-state index contributed by atoms with van der Waals surface area (Å²) < 4.78 is 0. The van der Waals surface area contributed by atoms with Crippen LogP contribution in [0.25, 0.3) is 0 Å². The molecule has 0 aliphatic carbocycles. The van der Waals surface area contributed by atoms with Crippen molar-refractivity contribution in [2.45, 2.75) is 19.9 Å². The van der Waals surface area contributed by atoms with Crippen molar-refractivity contribution in [1.29, 1.82) is 0 Å². The highest BCUT2D eigenvalue weighted by atomic mass is 35.5. The predicted octanol–water partition coefficient (Wildman–Crippen LogP) is 2.90. The lowest BCUT2D eigenvalue weighted by Gasteiger charge is -2.35. The van der Waals surface area contributed by atoms with Gasteiger partial charge in [0.1, 0.15) is 0 Å². The minimum Gasteiger partial charge on any atom is -0.380 e. The van der Waals surface area contributed by atoms with Crippen molar-refractivity contribution < 1.29 is 0 Å². The molecule has 1 aromatic rings. The maximum atomic E-state index is 6.17. The molecule has 0 aromatic heterocycles. The van der Waals surface area contributed by atoms with Crippen LogP contribution >= 0.6 is 11.6 Å². The first-order valence-electron chi connectivity index (χ1n) is 4.86. The SMILES string of the molecule is Cc1cc(Cl)c2c(c1)N(C)C(C)CN2. The van der Waals surface area contributed by atoms with E-state index in [-0.39, 0.29) is 0 Å². The monoisotopic (exact) mass is 210 g/mol. The van der Waals surface area contributed by atoms with Gasteiger partial charge in [-0.2, -0.15) is 0 Å². The van der Waals surface area contributed by atoms with Crippen molar-refractivity contribution in [2.24, 2.45) is 0 Å². The number of halogens is 1. The van der Waals surface area contributed by atoms with Crippen LogP contribution in [0.2, 0.25) is 5.02 Å². The Kier molecular flexibility index (Phi) is 2.31. The molecule has 2 nitrogen and oxygen atoms in total. The summed E-state index contributed by atoms with van der Waals surface area (Å²) >= 11 is 6.17. The third-order valence-corrected chi connectivity index (χ3v) is 3.13. The van der Waals surface area contributed by atoms with Gasteiger partial charge in [0.2, 0.25) is 0 Å².